The molecule has 0 aliphatic carbocycles. The van der Waals surface area contributed by atoms with Crippen LogP contribution in [-0.2, 0) is 0 Å². The number of nitrogens with two attached hydrogens (primary N) is 1. The van der Waals surface area contributed by atoms with Crippen molar-refractivity contribution < 1.29 is 13.2 Å². The van der Waals surface area contributed by atoms with E-state index in [4.69, 9.17) is 5.73 Å². The predicted octanol–water partition coefficient (Wildman–Crippen LogP) is 4.28. The van der Waals surface area contributed by atoms with Gasteiger partial charge in [0.05, 0.1) is 0 Å². The van der Waals surface area contributed by atoms with Crippen molar-refractivity contribution in [3.05, 3.63) is 46.6 Å². The number of hydrogen-bond acceptors (Lipinski definition) is 2. The molecule has 19 heavy (non-hydrogen) atoms. The van der Waals surface area contributed by atoms with Gasteiger partial charge in [0.1, 0.15) is 0 Å². The Balaban J connectivity index is 2.36. The molecule has 1 nitrogen and oxygen atoms in total. The van der Waals surface area contributed by atoms with E-state index in [1.54, 1.807) is 6.07 Å². The number of halogens is 3. The maximum absolute atomic E-state index is 13.7. The first-order chi connectivity index (χ1) is 9.04. The van der Waals surface area contributed by atoms with E-state index in [9.17, 15) is 13.2 Å². The first-order valence-corrected chi connectivity index (χ1v) is 6.80. The number of thiophene rings is 1. The van der Waals surface area contributed by atoms with Crippen LogP contribution in [-0.4, -0.2) is 6.54 Å². The molecule has 0 fully saturated rings. The summed E-state index contributed by atoms with van der Waals surface area (Å²) < 4.78 is 39.8. The lowest BCUT2D eigenvalue weighted by molar-refractivity contribution is 0.449. The SMILES string of the molecule is CC(CCN)c1ccc(-c2ccc(F)c(F)c2F)s1. The zero-order chi connectivity index (χ0) is 14.0. The number of rotatable bonds is 4. The molecule has 102 valence electrons. The second kappa shape index (κ2) is 5.75. The van der Waals surface area contributed by atoms with E-state index >= 15 is 0 Å². The van der Waals surface area contributed by atoms with E-state index in [-0.39, 0.29) is 11.5 Å². The predicted molar refractivity (Wildman–Crippen MR) is 71.7 cm³/mol. The Labute approximate surface area is 113 Å². The summed E-state index contributed by atoms with van der Waals surface area (Å²) in [6, 6.07) is 5.80. The van der Waals surface area contributed by atoms with Crippen LogP contribution in [0.2, 0.25) is 0 Å². The summed E-state index contributed by atoms with van der Waals surface area (Å²) in [4.78, 5) is 1.65. The highest BCUT2D eigenvalue weighted by Gasteiger charge is 2.17. The van der Waals surface area contributed by atoms with E-state index in [2.05, 4.69) is 0 Å². The smallest absolute Gasteiger partial charge is 0.195 e. The van der Waals surface area contributed by atoms with Gasteiger partial charge in [0.15, 0.2) is 17.5 Å². The van der Waals surface area contributed by atoms with Gasteiger partial charge in [-0.05, 0) is 43.1 Å². The molecule has 0 radical (unpaired) electrons. The van der Waals surface area contributed by atoms with Gasteiger partial charge in [-0.3, -0.25) is 0 Å². The lowest BCUT2D eigenvalue weighted by atomic mass is 10.1. The Morgan fingerprint density at radius 1 is 1.11 bits per heavy atom. The van der Waals surface area contributed by atoms with Crippen LogP contribution in [0.4, 0.5) is 13.2 Å². The lowest BCUT2D eigenvalue weighted by Crippen LogP contribution is -2.03. The van der Waals surface area contributed by atoms with Crippen LogP contribution in [0.25, 0.3) is 10.4 Å². The van der Waals surface area contributed by atoms with Crippen molar-refractivity contribution in [1.82, 2.24) is 0 Å². The quantitative estimate of drug-likeness (QED) is 0.833. The first kappa shape index (κ1) is 14.1. The van der Waals surface area contributed by atoms with Gasteiger partial charge in [-0.1, -0.05) is 6.92 Å². The second-order valence-electron chi connectivity index (χ2n) is 4.40. The normalized spacial score (nSPS) is 12.7. The molecule has 1 unspecified atom stereocenters. The second-order valence-corrected chi connectivity index (χ2v) is 5.52. The molecule has 2 N–H and O–H groups in total. The van der Waals surface area contributed by atoms with Crippen molar-refractivity contribution in [2.24, 2.45) is 5.73 Å². The average molecular weight is 285 g/mol. The third-order valence-corrected chi connectivity index (χ3v) is 4.36. The molecule has 1 aromatic carbocycles. The topological polar surface area (TPSA) is 26.0 Å². The zero-order valence-electron chi connectivity index (χ0n) is 10.4. The molecule has 1 heterocycles. The molecule has 5 heteroatoms. The van der Waals surface area contributed by atoms with E-state index < -0.39 is 17.5 Å². The molecule has 2 aromatic rings. The van der Waals surface area contributed by atoms with Gasteiger partial charge in [0, 0.05) is 15.3 Å². The molecule has 0 aliphatic heterocycles. The van der Waals surface area contributed by atoms with Gasteiger partial charge in [-0.15, -0.1) is 11.3 Å². The van der Waals surface area contributed by atoms with Crippen molar-refractivity contribution in [2.45, 2.75) is 19.3 Å². The monoisotopic (exact) mass is 285 g/mol. The highest BCUT2D eigenvalue weighted by atomic mass is 32.1. The van der Waals surface area contributed by atoms with Crippen LogP contribution in [0.1, 0.15) is 24.1 Å². The number of benzene rings is 1. The van der Waals surface area contributed by atoms with Crippen LogP contribution in [0.15, 0.2) is 24.3 Å². The van der Waals surface area contributed by atoms with Gasteiger partial charge in [0.25, 0.3) is 0 Å². The molecule has 2 rings (SSSR count). The third kappa shape index (κ3) is 2.82. The maximum Gasteiger partial charge on any atom is 0.195 e. The lowest BCUT2D eigenvalue weighted by Gasteiger charge is -2.06. The van der Waals surface area contributed by atoms with Gasteiger partial charge in [-0.25, -0.2) is 13.2 Å². The summed E-state index contributed by atoms with van der Waals surface area (Å²) in [7, 11) is 0. The summed E-state index contributed by atoms with van der Waals surface area (Å²) in [5.74, 6) is -3.46. The van der Waals surface area contributed by atoms with E-state index in [0.29, 0.717) is 11.4 Å². The fourth-order valence-electron chi connectivity index (χ4n) is 1.87. The van der Waals surface area contributed by atoms with Crippen LogP contribution >= 0.6 is 11.3 Å². The van der Waals surface area contributed by atoms with Gasteiger partial charge < -0.3 is 5.73 Å². The van der Waals surface area contributed by atoms with Crippen molar-refractivity contribution in [2.75, 3.05) is 6.54 Å². The Morgan fingerprint density at radius 3 is 2.53 bits per heavy atom. The summed E-state index contributed by atoms with van der Waals surface area (Å²) in [5.41, 5.74) is 5.59. The molecule has 0 saturated heterocycles. The van der Waals surface area contributed by atoms with Crippen molar-refractivity contribution in [3.63, 3.8) is 0 Å². The average Bonchev–Trinajstić information content (AvgIpc) is 2.86. The molecule has 1 aromatic heterocycles. The molecule has 0 spiro atoms. The maximum atomic E-state index is 13.7. The van der Waals surface area contributed by atoms with Crippen LogP contribution in [0.3, 0.4) is 0 Å². The molecule has 0 bridgehead atoms. The molecule has 1 atom stereocenters. The van der Waals surface area contributed by atoms with Gasteiger partial charge >= 0.3 is 0 Å². The summed E-state index contributed by atoms with van der Waals surface area (Å²) in [5, 5.41) is 0. The van der Waals surface area contributed by atoms with Gasteiger partial charge in [-0.2, -0.15) is 0 Å². The molecular formula is C14H14F3NS. The Morgan fingerprint density at radius 2 is 1.84 bits per heavy atom. The first-order valence-electron chi connectivity index (χ1n) is 5.98. The Bertz CT molecular complexity index is 580. The van der Waals surface area contributed by atoms with Gasteiger partial charge in [0.2, 0.25) is 0 Å². The Hall–Kier alpha value is -1.33. The minimum atomic E-state index is -1.43. The van der Waals surface area contributed by atoms with E-state index in [1.807, 2.05) is 13.0 Å². The standard InChI is InChI=1S/C14H14F3NS/c1-8(6-7-18)11-4-5-12(19-11)9-2-3-10(15)14(17)13(9)16/h2-5,8H,6-7,18H2,1H3. The van der Waals surface area contributed by atoms with Crippen molar-refractivity contribution >= 4 is 11.3 Å². The summed E-state index contributed by atoms with van der Waals surface area (Å²) >= 11 is 1.38. The van der Waals surface area contributed by atoms with E-state index in [0.717, 1.165) is 17.4 Å². The van der Waals surface area contributed by atoms with Crippen LogP contribution in [0.5, 0.6) is 0 Å². The fourth-order valence-corrected chi connectivity index (χ4v) is 2.98. The molecule has 0 aliphatic rings. The number of hydrogen-bond donors (Lipinski definition) is 1. The Kier molecular flexibility index (Phi) is 4.27. The van der Waals surface area contributed by atoms with E-state index in [1.165, 1.54) is 17.4 Å². The van der Waals surface area contributed by atoms with Crippen molar-refractivity contribution in [1.29, 1.82) is 0 Å². The van der Waals surface area contributed by atoms with Crippen molar-refractivity contribution in [3.8, 4) is 10.4 Å². The van der Waals surface area contributed by atoms with Crippen LogP contribution in [0, 0.1) is 17.5 Å². The summed E-state index contributed by atoms with van der Waals surface area (Å²) in [6.45, 7) is 2.61. The molecule has 0 saturated carbocycles. The third-order valence-electron chi connectivity index (χ3n) is 3.01. The molecule has 0 amide bonds. The fraction of sp³-hybridized carbons (Fsp3) is 0.286. The minimum absolute atomic E-state index is 0.0927. The minimum Gasteiger partial charge on any atom is -0.330 e. The molecular weight excluding hydrogens is 271 g/mol. The largest absolute Gasteiger partial charge is 0.330 e. The van der Waals surface area contributed by atoms with Crippen LogP contribution < -0.4 is 5.73 Å². The highest BCUT2D eigenvalue weighted by Crippen LogP contribution is 2.35. The zero-order valence-corrected chi connectivity index (χ0v) is 11.2. The summed E-state index contributed by atoms with van der Waals surface area (Å²) in [6.07, 6.45) is 0.834. The highest BCUT2D eigenvalue weighted by molar-refractivity contribution is 7.15.